The van der Waals surface area contributed by atoms with Crippen molar-refractivity contribution < 1.29 is 8.42 Å². The quantitative estimate of drug-likeness (QED) is 0.649. The van der Waals surface area contributed by atoms with Crippen LogP contribution in [-0.4, -0.2) is 8.42 Å². The highest BCUT2D eigenvalue weighted by Gasteiger charge is 2.17. The van der Waals surface area contributed by atoms with E-state index in [-0.39, 0.29) is 4.90 Å². The van der Waals surface area contributed by atoms with Crippen LogP contribution in [-0.2, 0) is 10.0 Å². The van der Waals surface area contributed by atoms with E-state index < -0.39 is 10.0 Å². The van der Waals surface area contributed by atoms with Crippen LogP contribution in [0.15, 0.2) is 65.4 Å². The number of benzene rings is 2. The van der Waals surface area contributed by atoms with E-state index in [1.807, 2.05) is 24.3 Å². The highest BCUT2D eigenvalue weighted by Crippen LogP contribution is 2.25. The minimum Gasteiger partial charge on any atom is -0.399 e. The first-order valence-electron chi connectivity index (χ1n) is 6.26. The number of fused-ring (bicyclic) bond motifs is 1. The van der Waals surface area contributed by atoms with E-state index in [0.29, 0.717) is 11.5 Å². The lowest BCUT2D eigenvalue weighted by atomic mass is 10.2. The van der Waals surface area contributed by atoms with Gasteiger partial charge in [-0.15, -0.1) is 0 Å². The van der Waals surface area contributed by atoms with Crippen LogP contribution in [0.5, 0.6) is 0 Å². The zero-order valence-electron chi connectivity index (χ0n) is 11.0. The molecular formula is C14H14N4O2S. The molecule has 1 aliphatic rings. The van der Waals surface area contributed by atoms with E-state index in [1.54, 1.807) is 18.3 Å². The fraction of sp³-hybridized carbons (Fsp3) is 0. The minimum atomic E-state index is -3.66. The molecule has 0 atom stereocenters. The molecule has 0 aliphatic carbocycles. The third-order valence-corrected chi connectivity index (χ3v) is 4.38. The van der Waals surface area contributed by atoms with Crippen LogP contribution in [0.1, 0.15) is 0 Å². The van der Waals surface area contributed by atoms with E-state index in [1.165, 1.54) is 12.1 Å². The summed E-state index contributed by atoms with van der Waals surface area (Å²) in [5.41, 5.74) is 7.76. The molecule has 0 bridgehead atoms. The Hall–Kier alpha value is -2.67. The molecule has 1 heterocycles. The summed E-state index contributed by atoms with van der Waals surface area (Å²) < 4.78 is 27.0. The first-order valence-corrected chi connectivity index (χ1v) is 7.74. The molecule has 1 aliphatic heterocycles. The van der Waals surface area contributed by atoms with Gasteiger partial charge in [0.2, 0.25) is 0 Å². The Morgan fingerprint density at radius 3 is 2.33 bits per heavy atom. The molecule has 5 N–H and O–H groups in total. The fourth-order valence-electron chi connectivity index (χ4n) is 1.95. The Labute approximate surface area is 122 Å². The van der Waals surface area contributed by atoms with Crippen molar-refractivity contribution in [1.29, 1.82) is 0 Å². The van der Waals surface area contributed by atoms with Crippen LogP contribution in [0, 0.1) is 0 Å². The maximum Gasteiger partial charge on any atom is 0.263 e. The summed E-state index contributed by atoms with van der Waals surface area (Å²) in [7, 11) is -3.66. The molecule has 0 aromatic heterocycles. The molecule has 0 amide bonds. The lowest BCUT2D eigenvalue weighted by molar-refractivity contribution is 0.589. The number of nitrogens with one attached hydrogen (secondary N) is 3. The van der Waals surface area contributed by atoms with Crippen molar-refractivity contribution in [2.75, 3.05) is 16.4 Å². The molecule has 2 aromatic carbocycles. The monoisotopic (exact) mass is 302 g/mol. The van der Waals surface area contributed by atoms with Crippen LogP contribution in [0.25, 0.3) is 0 Å². The van der Waals surface area contributed by atoms with Crippen molar-refractivity contribution in [3.05, 3.63) is 60.6 Å². The van der Waals surface area contributed by atoms with Gasteiger partial charge >= 0.3 is 0 Å². The third-order valence-electron chi connectivity index (χ3n) is 3.00. The molecule has 3 rings (SSSR count). The van der Waals surface area contributed by atoms with E-state index in [4.69, 9.17) is 5.73 Å². The second-order valence-electron chi connectivity index (χ2n) is 4.55. The summed E-state index contributed by atoms with van der Waals surface area (Å²) in [5, 5.41) is 6.04. The summed E-state index contributed by atoms with van der Waals surface area (Å²) in [6, 6.07) is 13.5. The molecule has 0 radical (unpaired) electrons. The van der Waals surface area contributed by atoms with Crippen LogP contribution >= 0.6 is 0 Å². The van der Waals surface area contributed by atoms with Crippen molar-refractivity contribution >= 4 is 27.1 Å². The highest BCUT2D eigenvalue weighted by atomic mass is 32.2. The van der Waals surface area contributed by atoms with Gasteiger partial charge in [0, 0.05) is 11.9 Å². The summed E-state index contributed by atoms with van der Waals surface area (Å²) in [6.45, 7) is 0. The number of rotatable bonds is 3. The summed E-state index contributed by atoms with van der Waals surface area (Å²) in [4.78, 5) is 0.151. The Kier molecular flexibility index (Phi) is 3.19. The van der Waals surface area contributed by atoms with Crippen molar-refractivity contribution in [2.24, 2.45) is 0 Å². The van der Waals surface area contributed by atoms with Gasteiger partial charge in [-0.05, 0) is 36.4 Å². The summed E-state index contributed by atoms with van der Waals surface area (Å²) in [5.74, 6) is 0.352. The van der Waals surface area contributed by atoms with Gasteiger partial charge < -0.3 is 16.4 Å². The van der Waals surface area contributed by atoms with Gasteiger partial charge in [-0.1, -0.05) is 12.1 Å². The second-order valence-corrected chi connectivity index (χ2v) is 6.23. The number of para-hydroxylation sites is 2. The molecule has 7 heteroatoms. The van der Waals surface area contributed by atoms with Crippen molar-refractivity contribution in [2.45, 2.75) is 4.90 Å². The molecule has 21 heavy (non-hydrogen) atoms. The standard InChI is InChI=1S/C14H14N4O2S/c15-10-5-7-11(8-6-10)21(19,20)18-14-9-16-12-3-1-2-4-13(12)17-14/h1-9,16-18H,15H2. The maximum atomic E-state index is 12.3. The normalized spacial score (nSPS) is 13.4. The van der Waals surface area contributed by atoms with Gasteiger partial charge in [0.05, 0.1) is 16.3 Å². The van der Waals surface area contributed by atoms with Crippen LogP contribution in [0.2, 0.25) is 0 Å². The largest absolute Gasteiger partial charge is 0.399 e. The fourth-order valence-corrected chi connectivity index (χ4v) is 2.97. The van der Waals surface area contributed by atoms with Crippen LogP contribution < -0.4 is 21.1 Å². The Morgan fingerprint density at radius 1 is 0.952 bits per heavy atom. The minimum absolute atomic E-state index is 0.151. The van der Waals surface area contributed by atoms with Crippen molar-refractivity contribution in [1.82, 2.24) is 4.72 Å². The molecule has 0 fully saturated rings. The van der Waals surface area contributed by atoms with Crippen molar-refractivity contribution in [3.8, 4) is 0 Å². The molecule has 108 valence electrons. The predicted molar refractivity (Wildman–Crippen MR) is 82.9 cm³/mol. The second kappa shape index (κ2) is 5.02. The molecule has 0 unspecified atom stereocenters. The average Bonchev–Trinajstić information content (AvgIpc) is 2.47. The number of hydrogen-bond donors (Lipinski definition) is 4. The van der Waals surface area contributed by atoms with Gasteiger partial charge in [0.25, 0.3) is 10.0 Å². The number of hydrogen-bond acceptors (Lipinski definition) is 5. The molecule has 0 spiro atoms. The number of nitrogens with two attached hydrogens (primary N) is 1. The summed E-state index contributed by atoms with van der Waals surface area (Å²) >= 11 is 0. The van der Waals surface area contributed by atoms with Gasteiger partial charge in [0.1, 0.15) is 5.82 Å². The van der Waals surface area contributed by atoms with E-state index in [9.17, 15) is 8.42 Å². The van der Waals surface area contributed by atoms with Gasteiger partial charge in [-0.25, -0.2) is 8.42 Å². The van der Waals surface area contributed by atoms with E-state index >= 15 is 0 Å². The number of anilines is 3. The zero-order chi connectivity index (χ0) is 14.9. The SMILES string of the molecule is Nc1ccc(S(=O)(=O)NC2=CNc3ccccc3N2)cc1. The van der Waals surface area contributed by atoms with Gasteiger partial charge in [-0.3, -0.25) is 4.72 Å². The molecular weight excluding hydrogens is 288 g/mol. The Bertz CT molecular complexity index is 798. The van der Waals surface area contributed by atoms with Crippen LogP contribution in [0.3, 0.4) is 0 Å². The Morgan fingerprint density at radius 2 is 1.62 bits per heavy atom. The van der Waals surface area contributed by atoms with E-state index in [2.05, 4.69) is 15.4 Å². The summed E-state index contributed by atoms with van der Waals surface area (Å²) in [6.07, 6.45) is 1.57. The van der Waals surface area contributed by atoms with E-state index in [0.717, 1.165) is 11.4 Å². The lowest BCUT2D eigenvalue weighted by Crippen LogP contribution is -2.29. The predicted octanol–water partition coefficient (Wildman–Crippen LogP) is 1.88. The average molecular weight is 302 g/mol. The molecule has 0 saturated carbocycles. The highest BCUT2D eigenvalue weighted by molar-refractivity contribution is 7.89. The molecule has 2 aromatic rings. The topological polar surface area (TPSA) is 96.2 Å². The first-order chi connectivity index (χ1) is 10.0. The number of nitrogen functional groups attached to an aromatic ring is 1. The zero-order valence-corrected chi connectivity index (χ0v) is 11.8. The third kappa shape index (κ3) is 2.77. The lowest BCUT2D eigenvalue weighted by Gasteiger charge is -2.21. The molecule has 6 nitrogen and oxygen atoms in total. The number of sulfonamides is 1. The van der Waals surface area contributed by atoms with Crippen molar-refractivity contribution in [3.63, 3.8) is 0 Å². The first kappa shape index (κ1) is 13.3. The Balaban J connectivity index is 1.81. The smallest absolute Gasteiger partial charge is 0.263 e. The van der Waals surface area contributed by atoms with Gasteiger partial charge in [-0.2, -0.15) is 0 Å². The molecule has 0 saturated heterocycles. The maximum absolute atomic E-state index is 12.3. The van der Waals surface area contributed by atoms with Gasteiger partial charge in [0.15, 0.2) is 0 Å². The van der Waals surface area contributed by atoms with Crippen LogP contribution in [0.4, 0.5) is 17.1 Å².